The Balaban J connectivity index is 2.20. The third-order valence-corrected chi connectivity index (χ3v) is 3.83. The number of halogens is 2. The largest absolute Gasteiger partial charge is 0.323 e. The van der Waals surface area contributed by atoms with Crippen molar-refractivity contribution in [2.45, 2.75) is 4.87 Å². The Bertz CT molecular complexity index is 717. The van der Waals surface area contributed by atoms with Gasteiger partial charge in [0.2, 0.25) is 4.87 Å². The predicted molar refractivity (Wildman–Crippen MR) is 73.3 cm³/mol. The van der Waals surface area contributed by atoms with Crippen molar-refractivity contribution in [2.24, 2.45) is 0 Å². The molecule has 1 N–H and O–H groups in total. The normalized spacial score (nSPS) is 21.3. The van der Waals surface area contributed by atoms with Crippen molar-refractivity contribution in [3.8, 4) is 0 Å². The van der Waals surface area contributed by atoms with E-state index in [1.165, 1.54) is 12.1 Å². The number of nitrogens with one attached hydrogen (secondary N) is 1. The molecule has 1 atom stereocenters. The molecule has 0 saturated carbocycles. The SMILES string of the molecule is O=C1Nc2ccc(F)cc2C(=O)[C@@]1(Cl)c1ccccc1. The summed E-state index contributed by atoms with van der Waals surface area (Å²) in [7, 11) is 0. The summed E-state index contributed by atoms with van der Waals surface area (Å²) in [6.45, 7) is 0. The third kappa shape index (κ3) is 1.72. The lowest BCUT2D eigenvalue weighted by Crippen LogP contribution is -2.46. The van der Waals surface area contributed by atoms with Crippen LogP contribution in [0.4, 0.5) is 10.1 Å². The molecule has 0 unspecified atom stereocenters. The van der Waals surface area contributed by atoms with Gasteiger partial charge in [0.1, 0.15) is 5.82 Å². The molecule has 100 valence electrons. The minimum atomic E-state index is -1.86. The van der Waals surface area contributed by atoms with Crippen LogP contribution in [0.25, 0.3) is 0 Å². The Hall–Kier alpha value is -2.20. The van der Waals surface area contributed by atoms with Gasteiger partial charge in [-0.2, -0.15) is 0 Å². The Morgan fingerprint density at radius 1 is 1.05 bits per heavy atom. The van der Waals surface area contributed by atoms with Crippen molar-refractivity contribution in [1.82, 2.24) is 0 Å². The van der Waals surface area contributed by atoms with E-state index in [-0.39, 0.29) is 11.3 Å². The topological polar surface area (TPSA) is 46.2 Å². The number of carbonyl (C=O) groups excluding carboxylic acids is 2. The molecule has 0 radical (unpaired) electrons. The van der Waals surface area contributed by atoms with Crippen molar-refractivity contribution in [1.29, 1.82) is 0 Å². The van der Waals surface area contributed by atoms with Gasteiger partial charge in [0.05, 0.1) is 5.69 Å². The minimum absolute atomic E-state index is 0.0726. The number of carbonyl (C=O) groups is 2. The zero-order valence-electron chi connectivity index (χ0n) is 10.2. The van der Waals surface area contributed by atoms with E-state index in [9.17, 15) is 14.0 Å². The van der Waals surface area contributed by atoms with Crippen molar-refractivity contribution in [3.63, 3.8) is 0 Å². The lowest BCUT2D eigenvalue weighted by molar-refractivity contribution is -0.117. The second-order valence-corrected chi connectivity index (χ2v) is 5.06. The maximum atomic E-state index is 13.3. The monoisotopic (exact) mass is 289 g/mol. The summed E-state index contributed by atoms with van der Waals surface area (Å²) in [5.41, 5.74) is 0.705. The zero-order chi connectivity index (χ0) is 14.3. The van der Waals surface area contributed by atoms with Gasteiger partial charge in [0.15, 0.2) is 5.78 Å². The van der Waals surface area contributed by atoms with Crippen molar-refractivity contribution in [2.75, 3.05) is 5.32 Å². The molecular weight excluding hydrogens is 281 g/mol. The molecule has 1 amide bonds. The summed E-state index contributed by atoms with van der Waals surface area (Å²) in [4.78, 5) is 22.9. The summed E-state index contributed by atoms with van der Waals surface area (Å²) in [5, 5.41) is 2.55. The van der Waals surface area contributed by atoms with Crippen LogP contribution in [-0.4, -0.2) is 11.7 Å². The van der Waals surface area contributed by atoms with Gasteiger partial charge in [-0.1, -0.05) is 41.9 Å². The Morgan fingerprint density at radius 3 is 2.45 bits per heavy atom. The smallest absolute Gasteiger partial charge is 0.258 e. The summed E-state index contributed by atoms with van der Waals surface area (Å²) in [6, 6.07) is 11.9. The number of Topliss-reactive ketones (excluding diaryl/α,β-unsaturated/α-hetero) is 1. The number of benzene rings is 2. The molecule has 2 aromatic carbocycles. The molecular formula is C15H9ClFNO2. The molecule has 0 aliphatic carbocycles. The van der Waals surface area contributed by atoms with E-state index >= 15 is 0 Å². The highest BCUT2D eigenvalue weighted by atomic mass is 35.5. The fourth-order valence-electron chi connectivity index (χ4n) is 2.24. The lowest BCUT2D eigenvalue weighted by atomic mass is 9.85. The molecule has 0 saturated heterocycles. The number of hydrogen-bond acceptors (Lipinski definition) is 2. The highest BCUT2D eigenvalue weighted by Crippen LogP contribution is 2.40. The zero-order valence-corrected chi connectivity index (χ0v) is 10.9. The van der Waals surface area contributed by atoms with Gasteiger partial charge in [-0.3, -0.25) is 9.59 Å². The molecule has 1 aliphatic heterocycles. The van der Waals surface area contributed by atoms with Gasteiger partial charge in [-0.05, 0) is 23.8 Å². The molecule has 0 fully saturated rings. The molecule has 5 heteroatoms. The van der Waals surface area contributed by atoms with E-state index in [1.54, 1.807) is 30.3 Å². The van der Waals surface area contributed by atoms with Crippen LogP contribution in [0, 0.1) is 5.82 Å². The maximum absolute atomic E-state index is 13.3. The molecule has 3 rings (SSSR count). The second-order valence-electron chi connectivity index (χ2n) is 4.50. The maximum Gasteiger partial charge on any atom is 0.258 e. The van der Waals surface area contributed by atoms with E-state index < -0.39 is 22.4 Å². The Morgan fingerprint density at radius 2 is 1.75 bits per heavy atom. The number of ketones is 1. The van der Waals surface area contributed by atoms with E-state index in [0.29, 0.717) is 5.56 Å². The Labute approximate surface area is 119 Å². The number of amides is 1. The van der Waals surface area contributed by atoms with E-state index in [1.807, 2.05) is 0 Å². The van der Waals surface area contributed by atoms with Gasteiger partial charge in [-0.15, -0.1) is 0 Å². The van der Waals surface area contributed by atoms with Crippen molar-refractivity contribution in [3.05, 3.63) is 65.5 Å². The minimum Gasteiger partial charge on any atom is -0.323 e. The fourth-order valence-corrected chi connectivity index (χ4v) is 2.52. The molecule has 1 aliphatic rings. The molecule has 20 heavy (non-hydrogen) atoms. The van der Waals surface area contributed by atoms with Crippen LogP contribution >= 0.6 is 11.6 Å². The number of hydrogen-bond donors (Lipinski definition) is 1. The molecule has 0 spiro atoms. The summed E-state index contributed by atoms with van der Waals surface area (Å²) in [5.74, 6) is -1.81. The fraction of sp³-hybridized carbons (Fsp3) is 0.0667. The quantitative estimate of drug-likeness (QED) is 0.648. The predicted octanol–water partition coefficient (Wildman–Crippen LogP) is 3.09. The summed E-state index contributed by atoms with van der Waals surface area (Å²) >= 11 is 6.30. The van der Waals surface area contributed by atoms with Gasteiger partial charge in [0.25, 0.3) is 5.91 Å². The van der Waals surface area contributed by atoms with Crippen LogP contribution < -0.4 is 5.32 Å². The van der Waals surface area contributed by atoms with Gasteiger partial charge < -0.3 is 5.32 Å². The van der Waals surface area contributed by atoms with Crippen LogP contribution in [0.2, 0.25) is 0 Å². The van der Waals surface area contributed by atoms with Gasteiger partial charge >= 0.3 is 0 Å². The summed E-state index contributed by atoms with van der Waals surface area (Å²) in [6.07, 6.45) is 0. The van der Waals surface area contributed by atoms with Gasteiger partial charge in [-0.25, -0.2) is 4.39 Å². The summed E-state index contributed by atoms with van der Waals surface area (Å²) < 4.78 is 13.3. The first-order valence-corrected chi connectivity index (χ1v) is 6.31. The van der Waals surface area contributed by atoms with Crippen molar-refractivity contribution < 1.29 is 14.0 Å². The average molecular weight is 290 g/mol. The molecule has 3 nitrogen and oxygen atoms in total. The van der Waals surface area contributed by atoms with Crippen LogP contribution in [0.5, 0.6) is 0 Å². The molecule has 0 aromatic heterocycles. The first kappa shape index (κ1) is 12.8. The van der Waals surface area contributed by atoms with Crippen LogP contribution in [0.1, 0.15) is 15.9 Å². The van der Waals surface area contributed by atoms with Crippen LogP contribution in [-0.2, 0) is 9.67 Å². The average Bonchev–Trinajstić information content (AvgIpc) is 2.47. The number of fused-ring (bicyclic) bond motifs is 1. The van der Waals surface area contributed by atoms with Gasteiger partial charge in [0, 0.05) is 5.56 Å². The molecule has 2 aromatic rings. The number of anilines is 1. The molecule has 1 heterocycles. The lowest BCUT2D eigenvalue weighted by Gasteiger charge is -2.30. The highest BCUT2D eigenvalue weighted by molar-refractivity contribution is 6.51. The standard InChI is InChI=1S/C15H9ClFNO2/c16-15(9-4-2-1-3-5-9)13(19)11-8-10(17)6-7-12(11)18-14(15)20/h1-8H,(H,18,20)/t15-/m0/s1. The van der Waals surface area contributed by atoms with E-state index in [0.717, 1.165) is 6.07 Å². The van der Waals surface area contributed by atoms with Crippen LogP contribution in [0.15, 0.2) is 48.5 Å². The van der Waals surface area contributed by atoms with Crippen molar-refractivity contribution >= 4 is 29.0 Å². The number of rotatable bonds is 1. The van der Waals surface area contributed by atoms with Crippen LogP contribution in [0.3, 0.4) is 0 Å². The number of alkyl halides is 1. The first-order chi connectivity index (χ1) is 9.53. The molecule has 0 bridgehead atoms. The Kier molecular flexibility index (Phi) is 2.83. The first-order valence-electron chi connectivity index (χ1n) is 5.93. The third-order valence-electron chi connectivity index (χ3n) is 3.27. The van der Waals surface area contributed by atoms with E-state index in [4.69, 9.17) is 11.6 Å². The van der Waals surface area contributed by atoms with E-state index in [2.05, 4.69) is 5.32 Å². The highest BCUT2D eigenvalue weighted by Gasteiger charge is 2.49. The second kappa shape index (κ2) is 4.42.